The van der Waals surface area contributed by atoms with E-state index in [9.17, 15) is 5.11 Å². The van der Waals surface area contributed by atoms with Crippen LogP contribution in [0.2, 0.25) is 0 Å². The molecule has 0 spiro atoms. The van der Waals surface area contributed by atoms with E-state index < -0.39 is 6.10 Å². The van der Waals surface area contributed by atoms with Crippen LogP contribution in [-0.4, -0.2) is 58.3 Å². The smallest absolute Gasteiger partial charge is 0.117 e. The lowest BCUT2D eigenvalue weighted by molar-refractivity contribution is 0.0614. The van der Waals surface area contributed by atoms with Gasteiger partial charge < -0.3 is 14.1 Å². The molecule has 0 radical (unpaired) electrons. The number of furan rings is 1. The first-order chi connectivity index (χ1) is 14.7. The van der Waals surface area contributed by atoms with E-state index in [0.717, 1.165) is 43.0 Å². The Labute approximate surface area is 184 Å². The predicted molar refractivity (Wildman–Crippen MR) is 124 cm³/mol. The molecule has 30 heavy (non-hydrogen) atoms. The van der Waals surface area contributed by atoms with Gasteiger partial charge in [-0.15, -0.1) is 0 Å². The number of benzene rings is 2. The fourth-order valence-electron chi connectivity index (χ4n) is 4.54. The first kappa shape index (κ1) is 19.8. The fraction of sp³-hybridized carbons (Fsp3) is 0.333. The lowest BCUT2D eigenvalue weighted by Gasteiger charge is -2.35. The Bertz CT molecular complexity index is 1130. The summed E-state index contributed by atoms with van der Waals surface area (Å²) >= 11 is 3.59. The molecule has 1 aliphatic rings. The van der Waals surface area contributed by atoms with Crippen LogP contribution in [0, 0.1) is 0 Å². The number of aliphatic hydroxyl groups excluding tert-OH is 1. The van der Waals surface area contributed by atoms with Crippen LogP contribution in [0.25, 0.3) is 21.8 Å². The molecule has 1 aliphatic heterocycles. The van der Waals surface area contributed by atoms with Crippen LogP contribution in [0.4, 0.5) is 0 Å². The molecule has 3 heterocycles. The molecule has 156 valence electrons. The third-order valence-corrected chi connectivity index (χ3v) is 6.51. The van der Waals surface area contributed by atoms with Crippen LogP contribution in [0.3, 0.4) is 0 Å². The summed E-state index contributed by atoms with van der Waals surface area (Å²) in [4.78, 5) is 4.78. The highest BCUT2D eigenvalue weighted by Crippen LogP contribution is 2.31. The highest BCUT2D eigenvalue weighted by Gasteiger charge is 2.21. The van der Waals surface area contributed by atoms with Gasteiger partial charge in [-0.3, -0.25) is 9.80 Å². The van der Waals surface area contributed by atoms with E-state index in [-0.39, 0.29) is 0 Å². The van der Waals surface area contributed by atoms with Gasteiger partial charge in [-0.2, -0.15) is 0 Å². The van der Waals surface area contributed by atoms with E-state index in [2.05, 4.69) is 72.8 Å². The second-order valence-electron chi connectivity index (χ2n) is 8.10. The van der Waals surface area contributed by atoms with Crippen LogP contribution >= 0.6 is 15.9 Å². The lowest BCUT2D eigenvalue weighted by Crippen LogP contribution is -2.48. The molecule has 1 unspecified atom stereocenters. The van der Waals surface area contributed by atoms with Gasteiger partial charge in [0.1, 0.15) is 5.76 Å². The topological polar surface area (TPSA) is 44.8 Å². The number of hydrogen-bond donors (Lipinski definition) is 1. The average molecular weight is 468 g/mol. The van der Waals surface area contributed by atoms with Crippen molar-refractivity contribution in [2.45, 2.75) is 19.2 Å². The first-order valence-electron chi connectivity index (χ1n) is 10.5. The number of nitrogens with zero attached hydrogens (tertiary/aromatic N) is 3. The van der Waals surface area contributed by atoms with Crippen molar-refractivity contribution in [2.24, 2.45) is 0 Å². The number of fused-ring (bicyclic) bond motifs is 3. The normalized spacial score (nSPS) is 17.1. The molecular formula is C24H26BrN3O2. The number of hydrogen-bond acceptors (Lipinski definition) is 4. The molecule has 1 N–H and O–H groups in total. The summed E-state index contributed by atoms with van der Waals surface area (Å²) in [6.45, 7) is 6.08. The molecule has 6 heteroatoms. The maximum atomic E-state index is 10.9. The Morgan fingerprint density at radius 2 is 1.63 bits per heavy atom. The minimum Gasteiger partial charge on any atom is -0.468 e. The summed E-state index contributed by atoms with van der Waals surface area (Å²) in [7, 11) is 0. The van der Waals surface area contributed by atoms with E-state index in [4.69, 9.17) is 4.42 Å². The summed E-state index contributed by atoms with van der Waals surface area (Å²) in [5, 5.41) is 13.4. The Hall–Kier alpha value is -2.12. The van der Waals surface area contributed by atoms with Crippen LogP contribution in [0.5, 0.6) is 0 Å². The zero-order valence-electron chi connectivity index (χ0n) is 16.9. The quantitative estimate of drug-likeness (QED) is 0.458. The minimum atomic E-state index is -0.413. The van der Waals surface area contributed by atoms with Gasteiger partial charge in [0.05, 0.1) is 25.5 Å². The number of aromatic nitrogens is 1. The zero-order valence-corrected chi connectivity index (χ0v) is 18.5. The van der Waals surface area contributed by atoms with Gasteiger partial charge in [0.15, 0.2) is 0 Å². The van der Waals surface area contributed by atoms with Gasteiger partial charge in [-0.05, 0) is 36.4 Å². The highest BCUT2D eigenvalue weighted by atomic mass is 79.9. The third-order valence-electron chi connectivity index (χ3n) is 6.02. The largest absolute Gasteiger partial charge is 0.468 e. The predicted octanol–water partition coefficient (Wildman–Crippen LogP) is 4.33. The number of aliphatic hydroxyl groups is 1. The lowest BCUT2D eigenvalue weighted by atomic mass is 10.2. The van der Waals surface area contributed by atoms with E-state index in [1.165, 1.54) is 21.8 Å². The van der Waals surface area contributed by atoms with Crippen molar-refractivity contribution in [3.63, 3.8) is 0 Å². The Morgan fingerprint density at radius 1 is 0.867 bits per heavy atom. The van der Waals surface area contributed by atoms with E-state index in [1.54, 1.807) is 6.26 Å². The molecule has 0 aliphatic carbocycles. The molecule has 0 amide bonds. The molecular weight excluding hydrogens is 442 g/mol. The number of halogens is 1. The second kappa shape index (κ2) is 8.55. The second-order valence-corrected chi connectivity index (χ2v) is 9.01. The standard InChI is InChI=1S/C24H26BrN3O2/c25-18-7-8-24-22(14-18)21-5-1-2-6-23(21)28(24)16-19(29)15-26-9-11-27(12-10-26)17-20-4-3-13-30-20/h1-8,13-14,19,29H,9-12,15-17H2. The van der Waals surface area contributed by atoms with Gasteiger partial charge in [0.2, 0.25) is 0 Å². The van der Waals surface area contributed by atoms with Crippen molar-refractivity contribution in [3.05, 3.63) is 71.1 Å². The highest BCUT2D eigenvalue weighted by molar-refractivity contribution is 9.10. The molecule has 1 atom stereocenters. The minimum absolute atomic E-state index is 0.413. The summed E-state index contributed by atoms with van der Waals surface area (Å²) in [6.07, 6.45) is 1.32. The van der Waals surface area contributed by atoms with E-state index in [0.29, 0.717) is 13.1 Å². The number of β-amino-alcohol motifs (C(OH)–C–C–N with tert-alkyl or cyclic N) is 1. The van der Waals surface area contributed by atoms with Crippen molar-refractivity contribution in [1.29, 1.82) is 0 Å². The fourth-order valence-corrected chi connectivity index (χ4v) is 4.90. The summed E-state index contributed by atoms with van der Waals surface area (Å²) in [5.74, 6) is 1.02. The maximum absolute atomic E-state index is 10.9. The molecule has 1 fully saturated rings. The van der Waals surface area contributed by atoms with Gasteiger partial charge in [0, 0.05) is 59.0 Å². The molecule has 5 rings (SSSR count). The molecule has 5 nitrogen and oxygen atoms in total. The average Bonchev–Trinajstić information content (AvgIpc) is 3.36. The molecule has 0 saturated carbocycles. The first-order valence-corrected chi connectivity index (χ1v) is 11.3. The maximum Gasteiger partial charge on any atom is 0.117 e. The Kier molecular flexibility index (Phi) is 5.65. The van der Waals surface area contributed by atoms with Gasteiger partial charge >= 0.3 is 0 Å². The number of piperazine rings is 1. The number of rotatable bonds is 6. The van der Waals surface area contributed by atoms with Crippen LogP contribution in [-0.2, 0) is 13.1 Å². The molecule has 4 aromatic rings. The van der Waals surface area contributed by atoms with Crippen molar-refractivity contribution in [3.8, 4) is 0 Å². The van der Waals surface area contributed by atoms with Crippen molar-refractivity contribution < 1.29 is 9.52 Å². The van der Waals surface area contributed by atoms with Gasteiger partial charge in [-0.1, -0.05) is 34.1 Å². The van der Waals surface area contributed by atoms with Gasteiger partial charge in [-0.25, -0.2) is 0 Å². The van der Waals surface area contributed by atoms with E-state index in [1.807, 2.05) is 12.1 Å². The monoisotopic (exact) mass is 467 g/mol. The summed E-state index contributed by atoms with van der Waals surface area (Å²) in [5.41, 5.74) is 2.34. The molecule has 0 bridgehead atoms. The van der Waals surface area contributed by atoms with E-state index >= 15 is 0 Å². The van der Waals surface area contributed by atoms with Crippen molar-refractivity contribution >= 4 is 37.7 Å². The van der Waals surface area contributed by atoms with Gasteiger partial charge in [0.25, 0.3) is 0 Å². The third kappa shape index (κ3) is 4.05. The summed E-state index contributed by atoms with van der Waals surface area (Å²) in [6, 6.07) is 18.8. The number of para-hydroxylation sites is 1. The Morgan fingerprint density at radius 3 is 2.43 bits per heavy atom. The van der Waals surface area contributed by atoms with Crippen LogP contribution in [0.1, 0.15) is 5.76 Å². The van der Waals surface area contributed by atoms with Crippen molar-refractivity contribution in [2.75, 3.05) is 32.7 Å². The summed E-state index contributed by atoms with van der Waals surface area (Å²) < 4.78 is 8.80. The SMILES string of the molecule is OC(CN1CCN(Cc2ccco2)CC1)Cn1c2ccccc2c2cc(Br)ccc21. The van der Waals surface area contributed by atoms with Crippen molar-refractivity contribution in [1.82, 2.24) is 14.4 Å². The zero-order chi connectivity index (χ0) is 20.5. The Balaban J connectivity index is 1.26. The molecule has 2 aromatic carbocycles. The van der Waals surface area contributed by atoms with Crippen LogP contribution < -0.4 is 0 Å². The molecule has 2 aromatic heterocycles. The molecule has 1 saturated heterocycles. The van der Waals surface area contributed by atoms with Crippen LogP contribution in [0.15, 0.2) is 69.8 Å².